The summed E-state index contributed by atoms with van der Waals surface area (Å²) in [4.78, 5) is 0. The lowest BCUT2D eigenvalue weighted by Gasteiger charge is -2.08. The fourth-order valence-electron chi connectivity index (χ4n) is 1.88. The molecule has 0 amide bonds. The molecule has 0 aliphatic rings. The van der Waals surface area contributed by atoms with Crippen LogP contribution in [0.4, 0.5) is 0 Å². The zero-order valence-electron chi connectivity index (χ0n) is 10.3. The molecule has 0 unspecified atom stereocenters. The summed E-state index contributed by atoms with van der Waals surface area (Å²) in [6, 6.07) is 12.9. The minimum Gasteiger partial charge on any atom is -0.409 e. The SMILES string of the molecule is N/C(=N/O)c1cccn1-c1nnnn1-c1ccccc1. The standard InChI is InChI=1S/C12H11N7O/c13-11(15-20)10-7-4-8-18(10)12-14-16-17-19(12)9-5-2-1-3-6-9/h1-8,20H,(H2,13,15). The van der Waals surface area contributed by atoms with Crippen LogP contribution in [0.1, 0.15) is 5.69 Å². The van der Waals surface area contributed by atoms with Crippen molar-refractivity contribution in [2.75, 3.05) is 0 Å². The molecular formula is C12H11N7O. The summed E-state index contributed by atoms with van der Waals surface area (Å²) < 4.78 is 3.20. The van der Waals surface area contributed by atoms with Crippen molar-refractivity contribution in [2.45, 2.75) is 0 Å². The van der Waals surface area contributed by atoms with Gasteiger partial charge >= 0.3 is 0 Å². The average molecular weight is 269 g/mol. The molecule has 20 heavy (non-hydrogen) atoms. The lowest BCUT2D eigenvalue weighted by molar-refractivity contribution is 0.318. The fraction of sp³-hybridized carbons (Fsp3) is 0. The van der Waals surface area contributed by atoms with Gasteiger partial charge in [-0.05, 0) is 34.7 Å². The summed E-state index contributed by atoms with van der Waals surface area (Å²) >= 11 is 0. The minimum absolute atomic E-state index is 0.0161. The number of para-hydroxylation sites is 1. The highest BCUT2D eigenvalue weighted by atomic mass is 16.4. The zero-order valence-corrected chi connectivity index (χ0v) is 10.3. The van der Waals surface area contributed by atoms with Crippen LogP contribution < -0.4 is 5.73 Å². The number of hydrogen-bond donors (Lipinski definition) is 2. The van der Waals surface area contributed by atoms with E-state index < -0.39 is 0 Å². The molecular weight excluding hydrogens is 258 g/mol. The second-order valence-corrected chi connectivity index (χ2v) is 3.97. The van der Waals surface area contributed by atoms with Crippen molar-refractivity contribution in [1.82, 2.24) is 24.8 Å². The number of aromatic nitrogens is 5. The van der Waals surface area contributed by atoms with Crippen LogP contribution in [0.2, 0.25) is 0 Å². The van der Waals surface area contributed by atoms with Crippen molar-refractivity contribution in [3.63, 3.8) is 0 Å². The third-order valence-corrected chi connectivity index (χ3v) is 2.79. The molecule has 100 valence electrons. The van der Waals surface area contributed by atoms with Gasteiger partial charge in [0.1, 0.15) is 0 Å². The van der Waals surface area contributed by atoms with Crippen molar-refractivity contribution in [3.05, 3.63) is 54.4 Å². The van der Waals surface area contributed by atoms with Crippen molar-refractivity contribution in [2.24, 2.45) is 10.9 Å². The summed E-state index contributed by atoms with van der Waals surface area (Å²) in [5, 5.41) is 23.4. The molecule has 0 fully saturated rings. The molecule has 3 N–H and O–H groups in total. The van der Waals surface area contributed by atoms with Crippen LogP contribution in [0.25, 0.3) is 11.6 Å². The predicted octanol–water partition coefficient (Wildman–Crippen LogP) is 0.547. The van der Waals surface area contributed by atoms with E-state index in [1.54, 1.807) is 27.6 Å². The first-order valence-electron chi connectivity index (χ1n) is 5.80. The molecule has 0 spiro atoms. The Bertz CT molecular complexity index is 744. The van der Waals surface area contributed by atoms with E-state index in [4.69, 9.17) is 10.9 Å². The van der Waals surface area contributed by atoms with Crippen molar-refractivity contribution < 1.29 is 5.21 Å². The summed E-state index contributed by atoms with van der Waals surface area (Å²) in [6.45, 7) is 0. The maximum atomic E-state index is 8.81. The Hall–Kier alpha value is -3.16. The lowest BCUT2D eigenvalue weighted by atomic mass is 10.3. The number of amidine groups is 1. The molecule has 8 nitrogen and oxygen atoms in total. The van der Waals surface area contributed by atoms with Crippen LogP contribution in [0, 0.1) is 0 Å². The molecule has 0 aliphatic heterocycles. The molecule has 0 saturated heterocycles. The molecule has 0 atom stereocenters. The molecule has 3 aromatic rings. The van der Waals surface area contributed by atoms with Crippen LogP contribution in [0.5, 0.6) is 0 Å². The minimum atomic E-state index is -0.0161. The predicted molar refractivity (Wildman–Crippen MR) is 71.0 cm³/mol. The van der Waals surface area contributed by atoms with Gasteiger partial charge in [0.15, 0.2) is 5.84 Å². The van der Waals surface area contributed by atoms with Gasteiger partial charge in [0.25, 0.3) is 5.95 Å². The third-order valence-electron chi connectivity index (χ3n) is 2.79. The van der Waals surface area contributed by atoms with Crippen LogP contribution in [0.3, 0.4) is 0 Å². The normalized spacial score (nSPS) is 11.7. The highest BCUT2D eigenvalue weighted by Gasteiger charge is 2.14. The molecule has 1 aromatic carbocycles. The van der Waals surface area contributed by atoms with E-state index in [9.17, 15) is 0 Å². The summed E-state index contributed by atoms with van der Waals surface area (Å²) in [6.07, 6.45) is 1.73. The molecule has 2 aromatic heterocycles. The van der Waals surface area contributed by atoms with Gasteiger partial charge in [-0.15, -0.1) is 0 Å². The number of nitrogens with zero attached hydrogens (tertiary/aromatic N) is 6. The van der Waals surface area contributed by atoms with E-state index >= 15 is 0 Å². The van der Waals surface area contributed by atoms with E-state index in [1.165, 1.54) is 0 Å². The second kappa shape index (κ2) is 4.84. The Morgan fingerprint density at radius 1 is 1.15 bits per heavy atom. The first kappa shape index (κ1) is 11.9. The van der Waals surface area contributed by atoms with Gasteiger partial charge in [0.2, 0.25) is 0 Å². The van der Waals surface area contributed by atoms with Crippen LogP contribution in [-0.4, -0.2) is 35.8 Å². The zero-order chi connectivity index (χ0) is 13.9. The number of benzene rings is 1. The Kier molecular flexibility index (Phi) is 2.88. The highest BCUT2D eigenvalue weighted by molar-refractivity contribution is 5.96. The van der Waals surface area contributed by atoms with Crippen molar-refractivity contribution in [3.8, 4) is 11.6 Å². The Balaban J connectivity index is 2.14. The molecule has 0 radical (unpaired) electrons. The second-order valence-electron chi connectivity index (χ2n) is 3.97. The Morgan fingerprint density at radius 3 is 2.70 bits per heavy atom. The van der Waals surface area contributed by atoms with E-state index in [2.05, 4.69) is 20.7 Å². The summed E-state index contributed by atoms with van der Waals surface area (Å²) in [5.74, 6) is 0.431. The third kappa shape index (κ3) is 1.88. The van der Waals surface area contributed by atoms with Gasteiger partial charge < -0.3 is 10.9 Å². The first-order valence-corrected chi connectivity index (χ1v) is 5.80. The van der Waals surface area contributed by atoms with Crippen molar-refractivity contribution >= 4 is 5.84 Å². The molecule has 3 rings (SSSR count). The molecule has 0 saturated carbocycles. The largest absolute Gasteiger partial charge is 0.409 e. The van der Waals surface area contributed by atoms with E-state index in [0.29, 0.717) is 11.6 Å². The lowest BCUT2D eigenvalue weighted by Crippen LogP contribution is -2.19. The number of hydrogen-bond acceptors (Lipinski definition) is 5. The highest BCUT2D eigenvalue weighted by Crippen LogP contribution is 2.13. The monoisotopic (exact) mass is 269 g/mol. The maximum absolute atomic E-state index is 8.81. The smallest absolute Gasteiger partial charge is 0.259 e. The number of nitrogens with two attached hydrogens (primary N) is 1. The van der Waals surface area contributed by atoms with Gasteiger partial charge in [0, 0.05) is 6.20 Å². The van der Waals surface area contributed by atoms with Gasteiger partial charge in [-0.2, -0.15) is 4.68 Å². The van der Waals surface area contributed by atoms with Crippen LogP contribution >= 0.6 is 0 Å². The number of oxime groups is 1. The summed E-state index contributed by atoms with van der Waals surface area (Å²) in [7, 11) is 0. The van der Waals surface area contributed by atoms with Gasteiger partial charge in [-0.1, -0.05) is 28.5 Å². The van der Waals surface area contributed by atoms with Crippen molar-refractivity contribution in [1.29, 1.82) is 0 Å². The molecule has 2 heterocycles. The van der Waals surface area contributed by atoms with Crippen LogP contribution in [-0.2, 0) is 0 Å². The number of rotatable bonds is 3. The van der Waals surface area contributed by atoms with Crippen LogP contribution in [0.15, 0.2) is 53.8 Å². The van der Waals surface area contributed by atoms with Gasteiger partial charge in [-0.25, -0.2) is 0 Å². The van der Waals surface area contributed by atoms with Gasteiger partial charge in [0.05, 0.1) is 11.4 Å². The van der Waals surface area contributed by atoms with E-state index in [-0.39, 0.29) is 5.84 Å². The molecule has 0 bridgehead atoms. The topological polar surface area (TPSA) is 107 Å². The quantitative estimate of drug-likeness (QED) is 0.312. The summed E-state index contributed by atoms with van der Waals surface area (Å²) in [5.41, 5.74) is 6.95. The van der Waals surface area contributed by atoms with E-state index in [0.717, 1.165) is 5.69 Å². The number of tetrazole rings is 1. The fourth-order valence-corrected chi connectivity index (χ4v) is 1.88. The average Bonchev–Trinajstić information content (AvgIpc) is 3.15. The maximum Gasteiger partial charge on any atom is 0.259 e. The molecule has 8 heteroatoms. The molecule has 0 aliphatic carbocycles. The Labute approximate surface area is 113 Å². The van der Waals surface area contributed by atoms with E-state index in [1.807, 2.05) is 30.3 Å². The van der Waals surface area contributed by atoms with Gasteiger partial charge in [-0.3, -0.25) is 4.57 Å². The Morgan fingerprint density at radius 2 is 1.95 bits per heavy atom. The first-order chi connectivity index (χ1) is 9.81.